The molecule has 1 fully saturated rings. The van der Waals surface area contributed by atoms with Crippen LogP contribution in [0.1, 0.15) is 64.2 Å². The number of carbonyl (C=O) groups excluding carboxylic acids is 1. The predicted molar refractivity (Wildman–Crippen MR) is 96.8 cm³/mol. The molecule has 1 heterocycles. The summed E-state index contributed by atoms with van der Waals surface area (Å²) in [6, 6.07) is 8.11. The Morgan fingerprint density at radius 3 is 2.75 bits per heavy atom. The number of nitrogens with one attached hydrogen (secondary N) is 3. The Bertz CT molecular complexity index is 642. The zero-order valence-corrected chi connectivity index (χ0v) is 14.6. The minimum Gasteiger partial charge on any atom is -0.340 e. The maximum absolute atomic E-state index is 12.5. The zero-order valence-electron chi connectivity index (χ0n) is 14.6. The Morgan fingerprint density at radius 2 is 2.04 bits per heavy atom. The van der Waals surface area contributed by atoms with Gasteiger partial charge in [-0.15, -0.1) is 0 Å². The van der Waals surface area contributed by atoms with Crippen LogP contribution in [0.4, 0.5) is 4.79 Å². The van der Waals surface area contributed by atoms with Crippen molar-refractivity contribution in [3.63, 3.8) is 0 Å². The highest BCUT2D eigenvalue weighted by Gasteiger charge is 2.25. The molecule has 5 nitrogen and oxygen atoms in total. The van der Waals surface area contributed by atoms with Crippen LogP contribution in [0.3, 0.4) is 0 Å². The number of fused-ring (bicyclic) bond motifs is 1. The maximum Gasteiger partial charge on any atom is 0.315 e. The monoisotopic (exact) mass is 328 g/mol. The number of urea groups is 1. The minimum atomic E-state index is -0.106. The number of rotatable bonds is 5. The van der Waals surface area contributed by atoms with Gasteiger partial charge in [0.25, 0.3) is 0 Å². The summed E-state index contributed by atoms with van der Waals surface area (Å²) in [5, 5.41) is 6.29. The molecule has 0 radical (unpaired) electrons. The van der Waals surface area contributed by atoms with E-state index in [0.29, 0.717) is 12.0 Å². The first-order valence-electron chi connectivity index (χ1n) is 9.19. The molecule has 1 aromatic heterocycles. The number of carbonyl (C=O) groups is 1. The van der Waals surface area contributed by atoms with E-state index >= 15 is 0 Å². The Hall–Kier alpha value is -2.04. The highest BCUT2D eigenvalue weighted by molar-refractivity contribution is 5.76. The van der Waals surface area contributed by atoms with Crippen molar-refractivity contribution in [1.29, 1.82) is 0 Å². The minimum absolute atomic E-state index is 0.0762. The Balaban J connectivity index is 1.72. The van der Waals surface area contributed by atoms with E-state index in [0.717, 1.165) is 36.1 Å². The average molecular weight is 328 g/mol. The summed E-state index contributed by atoms with van der Waals surface area (Å²) in [5.41, 5.74) is 1.95. The molecule has 2 amide bonds. The standard InChI is InChI=1S/C19H28N4O/c1-3-13(2)17(18-21-15-11-7-8-12-16(15)22-18)23-19(24)20-14-9-5-4-6-10-14/h7-8,11-14,17H,3-6,9-10H2,1-2H3,(H,21,22)(H2,20,23,24). The normalized spacial score (nSPS) is 18.2. The molecule has 1 aliphatic rings. The van der Waals surface area contributed by atoms with E-state index in [-0.39, 0.29) is 12.1 Å². The van der Waals surface area contributed by atoms with Gasteiger partial charge >= 0.3 is 6.03 Å². The van der Waals surface area contributed by atoms with Crippen LogP contribution in [-0.2, 0) is 0 Å². The average Bonchev–Trinajstić information content (AvgIpc) is 3.03. The van der Waals surface area contributed by atoms with Crippen molar-refractivity contribution in [2.45, 2.75) is 64.5 Å². The fourth-order valence-corrected chi connectivity index (χ4v) is 3.45. The van der Waals surface area contributed by atoms with Crippen LogP contribution < -0.4 is 10.6 Å². The lowest BCUT2D eigenvalue weighted by atomic mass is 9.95. The van der Waals surface area contributed by atoms with Crippen molar-refractivity contribution in [3.05, 3.63) is 30.1 Å². The molecule has 24 heavy (non-hydrogen) atoms. The molecule has 130 valence electrons. The van der Waals surface area contributed by atoms with Gasteiger partial charge in [0.1, 0.15) is 5.82 Å². The van der Waals surface area contributed by atoms with E-state index in [4.69, 9.17) is 0 Å². The number of aromatic nitrogens is 2. The summed E-state index contributed by atoms with van der Waals surface area (Å²) in [6.07, 6.45) is 6.87. The lowest BCUT2D eigenvalue weighted by Crippen LogP contribution is -2.45. The first-order chi connectivity index (χ1) is 11.7. The number of aromatic amines is 1. The second-order valence-electron chi connectivity index (χ2n) is 6.96. The number of imidazole rings is 1. The predicted octanol–water partition coefficient (Wildman–Crippen LogP) is 4.28. The fourth-order valence-electron chi connectivity index (χ4n) is 3.45. The lowest BCUT2D eigenvalue weighted by Gasteiger charge is -2.26. The van der Waals surface area contributed by atoms with E-state index < -0.39 is 0 Å². The van der Waals surface area contributed by atoms with Gasteiger partial charge in [-0.25, -0.2) is 9.78 Å². The second-order valence-corrected chi connectivity index (χ2v) is 6.96. The summed E-state index contributed by atoms with van der Waals surface area (Å²) < 4.78 is 0. The summed E-state index contributed by atoms with van der Waals surface area (Å²) in [7, 11) is 0. The number of amides is 2. The van der Waals surface area contributed by atoms with Crippen LogP contribution in [0.15, 0.2) is 24.3 Å². The lowest BCUT2D eigenvalue weighted by molar-refractivity contribution is 0.222. The fraction of sp³-hybridized carbons (Fsp3) is 0.579. The second kappa shape index (κ2) is 7.69. The van der Waals surface area contributed by atoms with Crippen molar-refractivity contribution in [2.24, 2.45) is 5.92 Å². The van der Waals surface area contributed by atoms with Gasteiger partial charge in [-0.1, -0.05) is 51.7 Å². The highest BCUT2D eigenvalue weighted by Crippen LogP contribution is 2.25. The molecule has 1 saturated carbocycles. The largest absolute Gasteiger partial charge is 0.340 e. The third kappa shape index (κ3) is 3.89. The van der Waals surface area contributed by atoms with Gasteiger partial charge in [0.05, 0.1) is 17.1 Å². The van der Waals surface area contributed by atoms with Gasteiger partial charge in [-0.05, 0) is 30.9 Å². The van der Waals surface area contributed by atoms with Crippen molar-refractivity contribution in [3.8, 4) is 0 Å². The third-order valence-corrected chi connectivity index (χ3v) is 5.14. The van der Waals surface area contributed by atoms with Crippen molar-refractivity contribution in [1.82, 2.24) is 20.6 Å². The number of para-hydroxylation sites is 2. The SMILES string of the molecule is CCC(C)C(NC(=O)NC1CCCCC1)c1nc2ccccc2[nH]1. The Labute approximate surface area is 143 Å². The Morgan fingerprint density at radius 1 is 1.29 bits per heavy atom. The van der Waals surface area contributed by atoms with Crippen molar-refractivity contribution < 1.29 is 4.79 Å². The van der Waals surface area contributed by atoms with Crippen LogP contribution in [0.5, 0.6) is 0 Å². The molecule has 2 atom stereocenters. The third-order valence-electron chi connectivity index (χ3n) is 5.14. The molecular formula is C19H28N4O. The van der Waals surface area contributed by atoms with E-state index in [2.05, 4.69) is 34.4 Å². The van der Waals surface area contributed by atoms with Gasteiger partial charge in [0.2, 0.25) is 0 Å². The smallest absolute Gasteiger partial charge is 0.315 e. The number of nitrogens with zero attached hydrogens (tertiary/aromatic N) is 1. The van der Waals surface area contributed by atoms with Gasteiger partial charge in [0, 0.05) is 6.04 Å². The number of benzene rings is 1. The summed E-state index contributed by atoms with van der Waals surface area (Å²) in [5.74, 6) is 1.15. The molecule has 0 aliphatic heterocycles. The first-order valence-corrected chi connectivity index (χ1v) is 9.19. The Kier molecular flexibility index (Phi) is 5.38. The number of hydrogen-bond acceptors (Lipinski definition) is 2. The highest BCUT2D eigenvalue weighted by atomic mass is 16.2. The van der Waals surface area contributed by atoms with Crippen LogP contribution >= 0.6 is 0 Å². The molecule has 0 spiro atoms. The molecule has 2 unspecified atom stereocenters. The van der Waals surface area contributed by atoms with Crippen molar-refractivity contribution in [2.75, 3.05) is 0 Å². The molecule has 3 N–H and O–H groups in total. The topological polar surface area (TPSA) is 69.8 Å². The number of hydrogen-bond donors (Lipinski definition) is 3. The maximum atomic E-state index is 12.5. The quantitative estimate of drug-likeness (QED) is 0.766. The summed E-state index contributed by atoms with van der Waals surface area (Å²) in [6.45, 7) is 4.29. The molecule has 2 aromatic rings. The van der Waals surface area contributed by atoms with Gasteiger partial charge < -0.3 is 15.6 Å². The van der Waals surface area contributed by atoms with Crippen LogP contribution in [0, 0.1) is 5.92 Å². The molecule has 1 aromatic carbocycles. The van der Waals surface area contributed by atoms with Crippen LogP contribution in [0.25, 0.3) is 11.0 Å². The molecule has 1 aliphatic carbocycles. The van der Waals surface area contributed by atoms with E-state index in [9.17, 15) is 4.79 Å². The zero-order chi connectivity index (χ0) is 16.9. The number of H-pyrrole nitrogens is 1. The molecule has 0 bridgehead atoms. The van der Waals surface area contributed by atoms with E-state index in [1.54, 1.807) is 0 Å². The first kappa shape index (κ1) is 16.8. The van der Waals surface area contributed by atoms with E-state index in [1.165, 1.54) is 19.3 Å². The summed E-state index contributed by atoms with van der Waals surface area (Å²) >= 11 is 0. The van der Waals surface area contributed by atoms with E-state index in [1.807, 2.05) is 24.3 Å². The molecular weight excluding hydrogens is 300 g/mol. The molecule has 5 heteroatoms. The van der Waals surface area contributed by atoms with Gasteiger partial charge in [-0.2, -0.15) is 0 Å². The van der Waals surface area contributed by atoms with Gasteiger partial charge in [-0.3, -0.25) is 0 Å². The van der Waals surface area contributed by atoms with Crippen LogP contribution in [-0.4, -0.2) is 22.0 Å². The van der Waals surface area contributed by atoms with Crippen molar-refractivity contribution >= 4 is 17.1 Å². The molecule has 3 rings (SSSR count). The van der Waals surface area contributed by atoms with Gasteiger partial charge in [0.15, 0.2) is 0 Å². The summed E-state index contributed by atoms with van der Waals surface area (Å²) in [4.78, 5) is 20.5. The van der Waals surface area contributed by atoms with Crippen LogP contribution in [0.2, 0.25) is 0 Å². The molecule has 0 saturated heterocycles.